The van der Waals surface area contributed by atoms with Crippen LogP contribution in [-0.4, -0.2) is 47.5 Å². The molecular weight excluding hydrogens is 166 g/mol. The van der Waals surface area contributed by atoms with Crippen molar-refractivity contribution in [1.82, 2.24) is 5.06 Å². The van der Waals surface area contributed by atoms with Gasteiger partial charge in [0.05, 0.1) is 13.2 Å². The summed E-state index contributed by atoms with van der Waals surface area (Å²) >= 11 is 0. The van der Waals surface area contributed by atoms with Crippen molar-refractivity contribution in [1.29, 1.82) is 0 Å². The minimum Gasteiger partial charge on any atom is -0.480 e. The number of hydroxylamine groups is 2. The van der Waals surface area contributed by atoms with E-state index in [2.05, 4.69) is 9.88 Å². The Bertz CT molecular complexity index is 149. The normalized spacial score (nSPS) is 16.1. The molecule has 0 aromatic heterocycles. The standard InChI is InChI=1S/C6H13NO5/c1-4(8)5(6(9)10)7(2)12-11-3/h4-5,8H,1-3H3,(H,9,10)/t4-,5-/m0/s1. The molecule has 0 fully saturated rings. The second-order valence-electron chi connectivity index (χ2n) is 2.31. The van der Waals surface area contributed by atoms with Crippen molar-refractivity contribution in [3.63, 3.8) is 0 Å². The molecule has 0 aliphatic carbocycles. The predicted molar refractivity (Wildman–Crippen MR) is 39.0 cm³/mol. The third kappa shape index (κ3) is 3.14. The minimum absolute atomic E-state index is 0.924. The molecule has 0 rings (SSSR count). The molecule has 0 amide bonds. The lowest BCUT2D eigenvalue weighted by molar-refractivity contribution is -0.416. The number of carboxylic acid groups (broad SMARTS) is 1. The van der Waals surface area contributed by atoms with Crippen LogP contribution in [0.3, 0.4) is 0 Å². The Kier molecular flexibility index (Phi) is 4.75. The third-order valence-electron chi connectivity index (χ3n) is 1.29. The Morgan fingerprint density at radius 1 is 1.58 bits per heavy atom. The fourth-order valence-corrected chi connectivity index (χ4v) is 0.830. The summed E-state index contributed by atoms with van der Waals surface area (Å²) in [4.78, 5) is 19.2. The zero-order chi connectivity index (χ0) is 9.72. The number of rotatable bonds is 5. The highest BCUT2D eigenvalue weighted by atomic mass is 17.3. The monoisotopic (exact) mass is 179 g/mol. The van der Waals surface area contributed by atoms with Gasteiger partial charge >= 0.3 is 5.97 Å². The lowest BCUT2D eigenvalue weighted by atomic mass is 10.2. The molecular formula is C6H13NO5. The van der Waals surface area contributed by atoms with Crippen LogP contribution in [0.2, 0.25) is 0 Å². The molecule has 0 saturated heterocycles. The van der Waals surface area contributed by atoms with Crippen LogP contribution in [0.25, 0.3) is 0 Å². The van der Waals surface area contributed by atoms with Crippen molar-refractivity contribution < 1.29 is 24.9 Å². The highest BCUT2D eigenvalue weighted by Gasteiger charge is 2.28. The largest absolute Gasteiger partial charge is 0.480 e. The molecule has 6 nitrogen and oxygen atoms in total. The lowest BCUT2D eigenvalue weighted by Gasteiger charge is -2.23. The number of carboxylic acids is 1. The van der Waals surface area contributed by atoms with Crippen LogP contribution in [0.5, 0.6) is 0 Å². The summed E-state index contributed by atoms with van der Waals surface area (Å²) in [6.45, 7) is 1.36. The lowest BCUT2D eigenvalue weighted by Crippen LogP contribution is -2.45. The molecule has 0 heterocycles. The first-order valence-corrected chi connectivity index (χ1v) is 3.35. The summed E-state index contributed by atoms with van der Waals surface area (Å²) in [5.74, 6) is -1.18. The molecule has 0 saturated carbocycles. The second-order valence-corrected chi connectivity index (χ2v) is 2.31. The number of likely N-dealkylation sites (N-methyl/N-ethyl adjacent to an activating group) is 1. The zero-order valence-corrected chi connectivity index (χ0v) is 7.22. The maximum Gasteiger partial charge on any atom is 0.326 e. The van der Waals surface area contributed by atoms with Crippen molar-refractivity contribution in [2.75, 3.05) is 14.2 Å². The summed E-state index contributed by atoms with van der Waals surface area (Å²) in [6.07, 6.45) is -1.04. The van der Waals surface area contributed by atoms with Gasteiger partial charge in [0.25, 0.3) is 0 Å². The highest BCUT2D eigenvalue weighted by molar-refractivity contribution is 5.73. The van der Waals surface area contributed by atoms with Crippen LogP contribution in [0.15, 0.2) is 0 Å². The Labute approximate surface area is 70.2 Å². The van der Waals surface area contributed by atoms with E-state index in [4.69, 9.17) is 10.2 Å². The number of hydrogen-bond donors (Lipinski definition) is 2. The summed E-state index contributed by atoms with van der Waals surface area (Å²) < 4.78 is 0. The van der Waals surface area contributed by atoms with Crippen molar-refractivity contribution in [2.24, 2.45) is 0 Å². The molecule has 12 heavy (non-hydrogen) atoms. The summed E-state index contributed by atoms with van der Waals surface area (Å²) in [5, 5.41) is 18.5. The Morgan fingerprint density at radius 2 is 2.08 bits per heavy atom. The average Bonchev–Trinajstić information content (AvgIpc) is 1.85. The topological polar surface area (TPSA) is 79.2 Å². The van der Waals surface area contributed by atoms with Crippen molar-refractivity contribution >= 4 is 5.97 Å². The van der Waals surface area contributed by atoms with Crippen LogP contribution in [0.4, 0.5) is 0 Å². The third-order valence-corrected chi connectivity index (χ3v) is 1.29. The molecule has 0 aromatic carbocycles. The van der Waals surface area contributed by atoms with Crippen LogP contribution >= 0.6 is 0 Å². The van der Waals surface area contributed by atoms with Crippen LogP contribution in [-0.2, 0) is 14.7 Å². The van der Waals surface area contributed by atoms with E-state index in [1.54, 1.807) is 0 Å². The average molecular weight is 179 g/mol. The number of aliphatic hydroxyl groups is 1. The molecule has 2 atom stereocenters. The Morgan fingerprint density at radius 3 is 2.33 bits per heavy atom. The highest BCUT2D eigenvalue weighted by Crippen LogP contribution is 2.03. The smallest absolute Gasteiger partial charge is 0.326 e. The van der Waals surface area contributed by atoms with Gasteiger partial charge in [-0.1, -0.05) is 0 Å². The van der Waals surface area contributed by atoms with Gasteiger partial charge in [-0.25, -0.2) is 4.89 Å². The van der Waals surface area contributed by atoms with E-state index in [-0.39, 0.29) is 0 Å². The molecule has 2 N–H and O–H groups in total. The van der Waals surface area contributed by atoms with Crippen molar-refractivity contribution in [3.05, 3.63) is 0 Å². The fourth-order valence-electron chi connectivity index (χ4n) is 0.830. The predicted octanol–water partition coefficient (Wildman–Crippen LogP) is -0.755. The van der Waals surface area contributed by atoms with Gasteiger partial charge in [0.15, 0.2) is 6.04 Å². The number of aliphatic hydroxyl groups excluding tert-OH is 1. The first-order chi connectivity index (χ1) is 5.50. The summed E-state index contributed by atoms with van der Waals surface area (Å²) in [7, 11) is 2.60. The quantitative estimate of drug-likeness (QED) is 0.427. The van der Waals surface area contributed by atoms with Gasteiger partial charge < -0.3 is 10.2 Å². The van der Waals surface area contributed by atoms with Crippen LogP contribution < -0.4 is 0 Å². The van der Waals surface area contributed by atoms with Gasteiger partial charge in [-0.3, -0.25) is 4.79 Å². The maximum absolute atomic E-state index is 10.5. The molecule has 0 bridgehead atoms. The van der Waals surface area contributed by atoms with E-state index >= 15 is 0 Å². The number of carbonyl (C=O) groups is 1. The first kappa shape index (κ1) is 11.3. The van der Waals surface area contributed by atoms with Crippen LogP contribution in [0.1, 0.15) is 6.92 Å². The van der Waals surface area contributed by atoms with Crippen molar-refractivity contribution in [3.8, 4) is 0 Å². The Balaban J connectivity index is 4.19. The van der Waals surface area contributed by atoms with E-state index in [9.17, 15) is 4.79 Å². The van der Waals surface area contributed by atoms with Gasteiger partial charge in [-0.2, -0.15) is 0 Å². The zero-order valence-electron chi connectivity index (χ0n) is 7.22. The number of aliphatic carboxylic acids is 1. The molecule has 0 aliphatic rings. The second kappa shape index (κ2) is 5.04. The number of hydrogen-bond acceptors (Lipinski definition) is 5. The molecule has 0 unspecified atom stereocenters. The van der Waals surface area contributed by atoms with E-state index < -0.39 is 18.1 Å². The van der Waals surface area contributed by atoms with E-state index in [1.165, 1.54) is 21.1 Å². The van der Waals surface area contributed by atoms with Gasteiger partial charge in [-0.15, -0.1) is 10.1 Å². The molecule has 0 radical (unpaired) electrons. The number of nitrogens with zero attached hydrogens (tertiary/aromatic N) is 1. The summed E-state index contributed by atoms with van der Waals surface area (Å²) in [6, 6.07) is -1.13. The van der Waals surface area contributed by atoms with E-state index in [0.29, 0.717) is 0 Å². The fraction of sp³-hybridized carbons (Fsp3) is 0.833. The first-order valence-electron chi connectivity index (χ1n) is 3.35. The SMILES string of the molecule is COON(C)[C@H](C(=O)O)[C@H](C)O. The molecule has 0 spiro atoms. The molecule has 0 aliphatic heterocycles. The van der Waals surface area contributed by atoms with E-state index in [0.717, 1.165) is 5.06 Å². The van der Waals surface area contributed by atoms with Crippen LogP contribution in [0, 0.1) is 0 Å². The van der Waals surface area contributed by atoms with Gasteiger partial charge in [0.1, 0.15) is 0 Å². The van der Waals surface area contributed by atoms with Gasteiger partial charge in [-0.05, 0) is 6.92 Å². The molecule has 0 aromatic rings. The summed E-state index contributed by atoms with van der Waals surface area (Å²) in [5.41, 5.74) is 0. The van der Waals surface area contributed by atoms with Crippen molar-refractivity contribution in [2.45, 2.75) is 19.1 Å². The minimum atomic E-state index is -1.18. The molecule has 72 valence electrons. The van der Waals surface area contributed by atoms with Gasteiger partial charge in [0.2, 0.25) is 0 Å². The van der Waals surface area contributed by atoms with E-state index in [1.807, 2.05) is 0 Å². The maximum atomic E-state index is 10.5. The molecule has 6 heteroatoms. The van der Waals surface area contributed by atoms with Gasteiger partial charge in [0, 0.05) is 7.05 Å². The Hall–Kier alpha value is -0.690.